The lowest BCUT2D eigenvalue weighted by molar-refractivity contribution is 0.0504. The largest absolute Gasteiger partial charge is 0.390 e. The van der Waals surface area contributed by atoms with Gasteiger partial charge in [-0.05, 0) is 190 Å². The molecule has 0 spiro atoms. The van der Waals surface area contributed by atoms with E-state index < -0.39 is 12.2 Å². The van der Waals surface area contributed by atoms with Gasteiger partial charge in [0.25, 0.3) is 0 Å². The van der Waals surface area contributed by atoms with E-state index in [4.69, 9.17) is 0 Å². The molecule has 0 bridgehead atoms. The van der Waals surface area contributed by atoms with Crippen LogP contribution in [-0.4, -0.2) is 33.9 Å². The van der Waals surface area contributed by atoms with Gasteiger partial charge in [-0.3, -0.25) is 0 Å². The van der Waals surface area contributed by atoms with E-state index in [-0.39, 0.29) is 11.2 Å². The van der Waals surface area contributed by atoms with Crippen molar-refractivity contribution in [3.8, 4) is 44.5 Å². The Labute approximate surface area is 403 Å². The van der Waals surface area contributed by atoms with Crippen molar-refractivity contribution in [2.75, 3.05) is 11.5 Å². The molecule has 0 saturated heterocycles. The van der Waals surface area contributed by atoms with E-state index in [9.17, 15) is 10.2 Å². The fraction of sp³-hybridized carbons (Fsp3) is 0.300. The van der Waals surface area contributed by atoms with Gasteiger partial charge in [0.05, 0.1) is 12.2 Å². The lowest BCUT2D eigenvalue weighted by atomic mass is 9.79. The molecule has 0 fully saturated rings. The zero-order valence-corrected chi connectivity index (χ0v) is 42.7. The fourth-order valence-electron chi connectivity index (χ4n) is 9.78. The molecule has 0 radical (unpaired) electrons. The van der Waals surface area contributed by atoms with Gasteiger partial charge in [0.1, 0.15) is 0 Å². The molecule has 0 amide bonds. The Kier molecular flexibility index (Phi) is 15.3. The summed E-state index contributed by atoms with van der Waals surface area (Å²) in [6.07, 6.45) is -0.387. The van der Waals surface area contributed by atoms with Gasteiger partial charge >= 0.3 is 0 Å². The number of thiol groups is 1. The summed E-state index contributed by atoms with van der Waals surface area (Å²) in [6.45, 7) is 24.9. The molecular weight excluding hydrogens is 849 g/mol. The van der Waals surface area contributed by atoms with Gasteiger partial charge in [-0.15, -0.1) is 0 Å². The summed E-state index contributed by atoms with van der Waals surface area (Å²) in [5.41, 5.74) is 26.6. The summed E-state index contributed by atoms with van der Waals surface area (Å²) in [5.74, 6) is 0.571. The van der Waals surface area contributed by atoms with Crippen LogP contribution < -0.4 is 0 Å². The minimum atomic E-state index is -0.901. The van der Waals surface area contributed by atoms with Crippen molar-refractivity contribution in [2.24, 2.45) is 0 Å². The van der Waals surface area contributed by atoms with Gasteiger partial charge < -0.3 is 10.2 Å². The molecule has 7 aromatic rings. The first kappa shape index (κ1) is 48.4. The van der Waals surface area contributed by atoms with Crippen LogP contribution in [0.5, 0.6) is 0 Å². The van der Waals surface area contributed by atoms with E-state index in [0.717, 1.165) is 0 Å². The van der Waals surface area contributed by atoms with Gasteiger partial charge in [-0.25, -0.2) is 0 Å². The van der Waals surface area contributed by atoms with Gasteiger partial charge in [0, 0.05) is 16.4 Å². The van der Waals surface area contributed by atoms with Crippen LogP contribution >= 0.6 is 34.2 Å². The Balaban J connectivity index is 1.55. The van der Waals surface area contributed by atoms with E-state index in [1.54, 1.807) is 21.6 Å². The fourth-order valence-corrected chi connectivity index (χ4v) is 12.7. The molecule has 2 nitrogen and oxygen atoms in total. The minimum absolute atomic E-state index is 0.143. The normalized spacial score (nSPS) is 12.7. The molecule has 0 aliphatic heterocycles. The second kappa shape index (κ2) is 20.6. The maximum Gasteiger partial charge on any atom is 0.0905 e. The summed E-state index contributed by atoms with van der Waals surface area (Å²) in [7, 11) is 3.36. The Bertz CT molecular complexity index is 2450. The molecule has 0 heterocycles. The van der Waals surface area contributed by atoms with Crippen molar-refractivity contribution in [2.45, 2.75) is 112 Å². The van der Waals surface area contributed by atoms with E-state index in [1.165, 1.54) is 122 Å². The highest BCUT2D eigenvalue weighted by Crippen LogP contribution is 2.47. The minimum Gasteiger partial charge on any atom is -0.390 e. The molecule has 2 N–H and O–H groups in total. The van der Waals surface area contributed by atoms with Crippen molar-refractivity contribution in [1.82, 2.24) is 0 Å². The second-order valence-electron chi connectivity index (χ2n) is 19.1. The molecule has 2 atom stereocenters. The van der Waals surface area contributed by atoms with Crippen LogP contribution in [0.3, 0.4) is 0 Å². The van der Waals surface area contributed by atoms with Crippen LogP contribution in [0.2, 0.25) is 0 Å². The molecule has 7 aromatic carbocycles. The van der Waals surface area contributed by atoms with Gasteiger partial charge in [-0.1, -0.05) is 164 Å². The first-order chi connectivity index (χ1) is 31.0. The van der Waals surface area contributed by atoms with E-state index in [1.807, 2.05) is 0 Å². The topological polar surface area (TPSA) is 40.5 Å². The van der Waals surface area contributed by atoms with Crippen LogP contribution in [0.25, 0.3) is 44.5 Å². The Morgan fingerprint density at radius 2 is 0.754 bits per heavy atom. The molecule has 0 saturated carbocycles. The number of aryl methyl sites for hydroxylation is 8. The Hall–Kier alpha value is -4.49. The van der Waals surface area contributed by atoms with Gasteiger partial charge in [0.15, 0.2) is 0 Å². The van der Waals surface area contributed by atoms with Crippen molar-refractivity contribution in [3.05, 3.63) is 194 Å². The first-order valence-electron chi connectivity index (χ1n) is 22.9. The summed E-state index contributed by atoms with van der Waals surface area (Å²) in [4.78, 5) is 1.21. The second-order valence-corrected chi connectivity index (χ2v) is 21.9. The number of aliphatic hydroxyl groups excluding tert-OH is 2. The Morgan fingerprint density at radius 1 is 0.462 bits per heavy atom. The molecule has 5 heteroatoms. The molecule has 336 valence electrons. The number of hydrogen-bond donors (Lipinski definition) is 3. The first-order valence-corrected chi connectivity index (χ1v) is 25.9. The summed E-state index contributed by atoms with van der Waals surface area (Å²) >= 11 is 4.32. The maximum absolute atomic E-state index is 11.1. The van der Waals surface area contributed by atoms with Crippen LogP contribution in [0.4, 0.5) is 0 Å². The average Bonchev–Trinajstić information content (AvgIpc) is 3.25. The molecule has 65 heavy (non-hydrogen) atoms. The maximum atomic E-state index is 11.1. The molecule has 2 unspecified atom stereocenters. The highest BCUT2D eigenvalue weighted by Gasteiger charge is 2.26. The van der Waals surface area contributed by atoms with Gasteiger partial charge in [-0.2, -0.15) is 12.6 Å². The third-order valence-electron chi connectivity index (χ3n) is 13.2. The molecule has 0 aliphatic carbocycles. The van der Waals surface area contributed by atoms with Crippen molar-refractivity contribution in [1.29, 1.82) is 0 Å². The highest BCUT2D eigenvalue weighted by molar-refractivity contribution is 8.76. The third-order valence-corrected chi connectivity index (χ3v) is 16.1. The van der Waals surface area contributed by atoms with Crippen LogP contribution in [0, 0.1) is 55.4 Å². The van der Waals surface area contributed by atoms with Crippen molar-refractivity contribution < 1.29 is 10.2 Å². The monoisotopic (exact) mass is 914 g/mol. The standard InChI is InChI=1S/C60H66O2S3/c1-36-18-12-19-37(2)55(36)47-26-16-27-48(56-38(3)20-13-21-39(56)4)51(47)32-44-30-46(60(9,10)11)31-45(59(44)65-64-35-54(62)53(61)34-63)33-52-49(57-40(5)22-14-23-41(57)6)28-17-29-50(52)58-42(7)24-15-25-43(58)8/h12-31,53-54,61-63H,32-35H2,1-11H3. The summed E-state index contributed by atoms with van der Waals surface area (Å²) < 4.78 is 0. The lowest BCUT2D eigenvalue weighted by Gasteiger charge is -2.27. The Morgan fingerprint density at radius 3 is 1.03 bits per heavy atom. The smallest absolute Gasteiger partial charge is 0.0905 e. The van der Waals surface area contributed by atoms with Crippen molar-refractivity contribution >= 4 is 34.2 Å². The van der Waals surface area contributed by atoms with Crippen LogP contribution in [-0.2, 0) is 18.3 Å². The third kappa shape index (κ3) is 10.4. The molecule has 0 aliphatic rings. The number of benzene rings is 7. The van der Waals surface area contributed by atoms with E-state index in [2.05, 4.69) is 210 Å². The SMILES string of the molecule is Cc1cccc(C)c1-c1cccc(-c2c(C)cccc2C)c1Cc1cc(C(C)(C)C)cc(Cc2c(-c3c(C)cccc3C)cccc2-c2c(C)cccc2C)c1SSCC(O)C(O)CS. The quantitative estimate of drug-likeness (QED) is 0.0751. The van der Waals surface area contributed by atoms with Crippen LogP contribution in [0.1, 0.15) is 93.1 Å². The average molecular weight is 915 g/mol. The summed E-state index contributed by atoms with van der Waals surface area (Å²) in [6, 6.07) is 45.2. The van der Waals surface area contributed by atoms with E-state index >= 15 is 0 Å². The predicted octanol–water partition coefficient (Wildman–Crippen LogP) is 15.7. The molecular formula is C60H66O2S3. The van der Waals surface area contributed by atoms with Gasteiger partial charge in [0.2, 0.25) is 0 Å². The number of aliphatic hydroxyl groups is 2. The van der Waals surface area contributed by atoms with Crippen molar-refractivity contribution in [3.63, 3.8) is 0 Å². The number of hydrogen-bond acceptors (Lipinski definition) is 5. The van der Waals surface area contributed by atoms with E-state index in [0.29, 0.717) is 18.6 Å². The highest BCUT2D eigenvalue weighted by atomic mass is 33.1. The molecule has 0 aromatic heterocycles. The lowest BCUT2D eigenvalue weighted by Crippen LogP contribution is -2.29. The predicted molar refractivity (Wildman–Crippen MR) is 287 cm³/mol. The molecule has 7 rings (SSSR count). The zero-order valence-electron chi connectivity index (χ0n) is 40.2. The summed E-state index contributed by atoms with van der Waals surface area (Å²) in [5, 5.41) is 21.7. The zero-order chi connectivity index (χ0) is 46.7. The number of rotatable bonds is 14. The van der Waals surface area contributed by atoms with Crippen LogP contribution in [0.15, 0.2) is 126 Å².